The Morgan fingerprint density at radius 3 is 2.73 bits per heavy atom. The maximum absolute atomic E-state index is 11.5. The highest BCUT2D eigenvalue weighted by atomic mass is 35.5. The van der Waals surface area contributed by atoms with Crippen molar-refractivity contribution in [1.29, 1.82) is 0 Å². The first-order valence-electron chi connectivity index (χ1n) is 4.23. The number of primary amides is 1. The fourth-order valence-electron chi connectivity index (χ4n) is 0.876. The van der Waals surface area contributed by atoms with Crippen molar-refractivity contribution in [3.63, 3.8) is 0 Å². The third kappa shape index (κ3) is 3.21. The maximum atomic E-state index is 11.5. The van der Waals surface area contributed by atoms with Crippen LogP contribution in [-0.2, 0) is 4.79 Å². The summed E-state index contributed by atoms with van der Waals surface area (Å²) in [6.07, 6.45) is 0. The van der Waals surface area contributed by atoms with Crippen molar-refractivity contribution in [3.05, 3.63) is 29.0 Å². The van der Waals surface area contributed by atoms with Gasteiger partial charge in [-0.3, -0.25) is 9.59 Å². The molecule has 0 aliphatic carbocycles. The Bertz CT molecular complexity index is 395. The molecule has 0 aliphatic heterocycles. The van der Waals surface area contributed by atoms with Gasteiger partial charge in [0.15, 0.2) is 0 Å². The van der Waals surface area contributed by atoms with Gasteiger partial charge in [0.2, 0.25) is 5.91 Å². The van der Waals surface area contributed by atoms with Gasteiger partial charge >= 0.3 is 0 Å². The van der Waals surface area contributed by atoms with Crippen LogP contribution in [-0.4, -0.2) is 22.8 Å². The molecule has 1 rings (SSSR count). The number of nitrogens with two attached hydrogens (primary N) is 1. The molecule has 1 heterocycles. The van der Waals surface area contributed by atoms with Crippen molar-refractivity contribution < 1.29 is 9.59 Å². The summed E-state index contributed by atoms with van der Waals surface area (Å²) in [6, 6.07) is 3.91. The summed E-state index contributed by atoms with van der Waals surface area (Å²) >= 11 is 5.61. The van der Waals surface area contributed by atoms with E-state index in [0.29, 0.717) is 0 Å². The number of halogens is 1. The number of pyridine rings is 1. The van der Waals surface area contributed by atoms with Gasteiger partial charge in [-0.25, -0.2) is 4.98 Å². The molecule has 80 valence electrons. The van der Waals surface area contributed by atoms with Crippen LogP contribution in [0.15, 0.2) is 18.2 Å². The van der Waals surface area contributed by atoms with Crippen molar-refractivity contribution in [3.8, 4) is 0 Å². The van der Waals surface area contributed by atoms with Gasteiger partial charge in [0.1, 0.15) is 16.9 Å². The van der Waals surface area contributed by atoms with Crippen LogP contribution in [0.4, 0.5) is 0 Å². The SMILES string of the molecule is CC(NC(=O)c1cccc(Cl)n1)C(N)=O. The van der Waals surface area contributed by atoms with Gasteiger partial charge < -0.3 is 11.1 Å². The zero-order valence-corrected chi connectivity index (χ0v) is 8.78. The Labute approximate surface area is 91.6 Å². The van der Waals surface area contributed by atoms with Gasteiger partial charge in [0.25, 0.3) is 5.91 Å². The lowest BCUT2D eigenvalue weighted by molar-refractivity contribution is -0.119. The zero-order chi connectivity index (χ0) is 11.4. The number of aromatic nitrogens is 1. The summed E-state index contributed by atoms with van der Waals surface area (Å²) in [5.41, 5.74) is 5.14. The second-order valence-electron chi connectivity index (χ2n) is 2.94. The minimum Gasteiger partial charge on any atom is -0.368 e. The molecular weight excluding hydrogens is 218 g/mol. The van der Waals surface area contributed by atoms with Gasteiger partial charge in [0, 0.05) is 0 Å². The fourth-order valence-corrected chi connectivity index (χ4v) is 1.04. The van der Waals surface area contributed by atoms with Crippen molar-refractivity contribution >= 4 is 23.4 Å². The van der Waals surface area contributed by atoms with E-state index in [1.165, 1.54) is 13.0 Å². The molecule has 0 radical (unpaired) electrons. The van der Waals surface area contributed by atoms with E-state index < -0.39 is 17.9 Å². The minimum atomic E-state index is -0.738. The normalized spacial score (nSPS) is 11.9. The molecule has 0 spiro atoms. The van der Waals surface area contributed by atoms with Crippen molar-refractivity contribution in [2.24, 2.45) is 5.73 Å². The fraction of sp³-hybridized carbons (Fsp3) is 0.222. The molecule has 1 atom stereocenters. The molecule has 5 nitrogen and oxygen atoms in total. The summed E-state index contributed by atoms with van der Waals surface area (Å²) in [4.78, 5) is 26.0. The molecule has 0 saturated carbocycles. The molecule has 0 aliphatic rings. The van der Waals surface area contributed by atoms with E-state index in [0.717, 1.165) is 0 Å². The van der Waals surface area contributed by atoms with Gasteiger partial charge in [-0.15, -0.1) is 0 Å². The monoisotopic (exact) mass is 227 g/mol. The van der Waals surface area contributed by atoms with Crippen LogP contribution in [0.25, 0.3) is 0 Å². The van der Waals surface area contributed by atoms with E-state index in [2.05, 4.69) is 10.3 Å². The molecular formula is C9H10ClN3O2. The van der Waals surface area contributed by atoms with Crippen molar-refractivity contribution in [1.82, 2.24) is 10.3 Å². The van der Waals surface area contributed by atoms with Crippen LogP contribution in [0.1, 0.15) is 17.4 Å². The quantitative estimate of drug-likeness (QED) is 0.731. The van der Waals surface area contributed by atoms with Gasteiger partial charge in [0.05, 0.1) is 0 Å². The predicted molar refractivity (Wildman–Crippen MR) is 55.4 cm³/mol. The summed E-state index contributed by atoms with van der Waals surface area (Å²) in [5, 5.41) is 2.61. The Morgan fingerprint density at radius 1 is 1.53 bits per heavy atom. The molecule has 1 unspecified atom stereocenters. The smallest absolute Gasteiger partial charge is 0.270 e. The van der Waals surface area contributed by atoms with E-state index >= 15 is 0 Å². The van der Waals surface area contributed by atoms with Crippen molar-refractivity contribution in [2.75, 3.05) is 0 Å². The van der Waals surface area contributed by atoms with E-state index in [9.17, 15) is 9.59 Å². The molecule has 1 aromatic heterocycles. The van der Waals surface area contributed by atoms with E-state index in [1.54, 1.807) is 12.1 Å². The Balaban J connectivity index is 2.73. The van der Waals surface area contributed by atoms with Crippen LogP contribution >= 0.6 is 11.6 Å². The molecule has 0 aromatic carbocycles. The summed E-state index contributed by atoms with van der Waals surface area (Å²) < 4.78 is 0. The number of hydrogen-bond donors (Lipinski definition) is 2. The third-order valence-electron chi connectivity index (χ3n) is 1.72. The van der Waals surface area contributed by atoms with Gasteiger partial charge in [-0.1, -0.05) is 17.7 Å². The van der Waals surface area contributed by atoms with Crippen LogP contribution < -0.4 is 11.1 Å². The van der Waals surface area contributed by atoms with Crippen molar-refractivity contribution in [2.45, 2.75) is 13.0 Å². The first kappa shape index (κ1) is 11.5. The van der Waals surface area contributed by atoms with Crippen LogP contribution in [0.5, 0.6) is 0 Å². The summed E-state index contributed by atoms with van der Waals surface area (Å²) in [6.45, 7) is 1.49. The molecule has 15 heavy (non-hydrogen) atoms. The van der Waals surface area contributed by atoms with Crippen LogP contribution in [0.2, 0.25) is 5.15 Å². The minimum absolute atomic E-state index is 0.149. The number of nitrogens with zero attached hydrogens (tertiary/aromatic N) is 1. The Morgan fingerprint density at radius 2 is 2.20 bits per heavy atom. The van der Waals surface area contributed by atoms with Crippen LogP contribution in [0.3, 0.4) is 0 Å². The summed E-state index contributed by atoms with van der Waals surface area (Å²) in [5.74, 6) is -1.09. The number of hydrogen-bond acceptors (Lipinski definition) is 3. The van der Waals surface area contributed by atoms with E-state index in [-0.39, 0.29) is 10.8 Å². The number of amides is 2. The second kappa shape index (κ2) is 4.75. The van der Waals surface area contributed by atoms with E-state index in [1.807, 2.05) is 0 Å². The average Bonchev–Trinajstić information content (AvgIpc) is 2.17. The van der Waals surface area contributed by atoms with Crippen LogP contribution in [0, 0.1) is 0 Å². The topological polar surface area (TPSA) is 85.1 Å². The molecule has 2 amide bonds. The number of carbonyl (C=O) groups is 2. The Kier molecular flexibility index (Phi) is 3.62. The first-order chi connectivity index (χ1) is 7.00. The number of rotatable bonds is 3. The highest BCUT2D eigenvalue weighted by Gasteiger charge is 2.14. The standard InChI is InChI=1S/C9H10ClN3O2/c1-5(8(11)14)12-9(15)6-3-2-4-7(10)13-6/h2-5H,1H3,(H2,11,14)(H,12,15). The number of carbonyl (C=O) groups excluding carboxylic acids is 2. The lowest BCUT2D eigenvalue weighted by atomic mass is 10.3. The lowest BCUT2D eigenvalue weighted by Crippen LogP contribution is -2.42. The highest BCUT2D eigenvalue weighted by molar-refractivity contribution is 6.29. The zero-order valence-electron chi connectivity index (χ0n) is 8.03. The second-order valence-corrected chi connectivity index (χ2v) is 3.33. The molecule has 1 aromatic rings. The number of nitrogens with one attached hydrogen (secondary N) is 1. The van der Waals surface area contributed by atoms with Gasteiger partial charge in [-0.05, 0) is 19.1 Å². The molecule has 0 bridgehead atoms. The molecule has 0 saturated heterocycles. The highest BCUT2D eigenvalue weighted by Crippen LogP contribution is 2.04. The van der Waals surface area contributed by atoms with E-state index in [4.69, 9.17) is 17.3 Å². The Hall–Kier alpha value is -1.62. The molecule has 3 N–H and O–H groups in total. The summed E-state index contributed by atoms with van der Waals surface area (Å²) in [7, 11) is 0. The average molecular weight is 228 g/mol. The predicted octanol–water partition coefficient (Wildman–Crippen LogP) is 0.339. The largest absolute Gasteiger partial charge is 0.368 e. The lowest BCUT2D eigenvalue weighted by Gasteiger charge is -2.09. The molecule has 6 heteroatoms. The molecule has 0 fully saturated rings. The van der Waals surface area contributed by atoms with Gasteiger partial charge in [-0.2, -0.15) is 0 Å². The third-order valence-corrected chi connectivity index (χ3v) is 1.93. The first-order valence-corrected chi connectivity index (χ1v) is 4.61. The maximum Gasteiger partial charge on any atom is 0.270 e.